The Labute approximate surface area is 66.0 Å². The Hall–Kier alpha value is -1.38. The van der Waals surface area contributed by atoms with Gasteiger partial charge in [-0.05, 0) is 25.5 Å². The fraction of sp³-hybridized carbons (Fsp3) is 0.250. The zero-order valence-corrected chi connectivity index (χ0v) is 6.68. The average molecular weight is 149 g/mol. The first-order chi connectivity index (χ1) is 5.24. The Morgan fingerprint density at radius 2 is 2.27 bits per heavy atom. The van der Waals surface area contributed by atoms with Crippen molar-refractivity contribution < 1.29 is 0 Å². The summed E-state index contributed by atoms with van der Waals surface area (Å²) in [6.45, 7) is 3.81. The van der Waals surface area contributed by atoms with Gasteiger partial charge in [-0.3, -0.25) is 0 Å². The van der Waals surface area contributed by atoms with Crippen LogP contribution in [0.2, 0.25) is 0 Å². The minimum atomic E-state index is 0.699. The second kappa shape index (κ2) is 3.14. The largest absolute Gasteiger partial charge is 0.360 e. The van der Waals surface area contributed by atoms with Gasteiger partial charge in [0.1, 0.15) is 0 Å². The summed E-state index contributed by atoms with van der Waals surface area (Å²) in [5.74, 6) is 0. The van der Waals surface area contributed by atoms with E-state index in [0.29, 0.717) is 5.70 Å². The summed E-state index contributed by atoms with van der Waals surface area (Å²) in [5.41, 5.74) is 9.53. The molecule has 0 aliphatic carbocycles. The highest BCUT2D eigenvalue weighted by Gasteiger charge is 1.99. The number of allylic oxidation sites excluding steroid dienone is 4. The summed E-state index contributed by atoms with van der Waals surface area (Å²) in [4.78, 5) is 0. The number of nitrogens with one attached hydrogen (secondary N) is 2. The van der Waals surface area contributed by atoms with Gasteiger partial charge in [-0.25, -0.2) is 5.53 Å². The van der Waals surface area contributed by atoms with E-state index in [1.165, 1.54) is 5.57 Å². The molecular formula is C8H11N3. The standard InChI is InChI=1S/C8H11N3/c1-6-3-4-8(10-5-6)7(2)11-9/h3-5,9-10H,1-2H3/b8-7-,11-9?. The van der Waals surface area contributed by atoms with Gasteiger partial charge in [-0.1, -0.05) is 6.08 Å². The Morgan fingerprint density at radius 3 is 2.73 bits per heavy atom. The van der Waals surface area contributed by atoms with E-state index >= 15 is 0 Å². The second-order valence-electron chi connectivity index (χ2n) is 2.48. The lowest BCUT2D eigenvalue weighted by atomic mass is 10.2. The van der Waals surface area contributed by atoms with Crippen LogP contribution in [-0.4, -0.2) is 0 Å². The molecule has 0 saturated heterocycles. The average Bonchev–Trinajstić information content (AvgIpc) is 2.05. The Bertz CT molecular complexity index is 259. The third-order valence-corrected chi connectivity index (χ3v) is 1.53. The summed E-state index contributed by atoms with van der Waals surface area (Å²) >= 11 is 0. The maximum absolute atomic E-state index is 6.77. The first-order valence-electron chi connectivity index (χ1n) is 3.44. The summed E-state index contributed by atoms with van der Waals surface area (Å²) in [5, 5.41) is 6.36. The van der Waals surface area contributed by atoms with Crippen molar-refractivity contribution in [3.05, 3.63) is 35.3 Å². The highest BCUT2D eigenvalue weighted by molar-refractivity contribution is 5.34. The van der Waals surface area contributed by atoms with Crippen LogP contribution in [0.15, 0.2) is 40.4 Å². The van der Waals surface area contributed by atoms with E-state index in [1.54, 1.807) is 6.92 Å². The highest BCUT2D eigenvalue weighted by atomic mass is 15.0. The number of hydrogen-bond donors (Lipinski definition) is 2. The lowest BCUT2D eigenvalue weighted by Gasteiger charge is -2.08. The molecule has 0 aromatic rings. The Balaban J connectivity index is 2.84. The van der Waals surface area contributed by atoms with E-state index in [9.17, 15) is 0 Å². The maximum atomic E-state index is 6.77. The Kier molecular flexibility index (Phi) is 2.21. The molecule has 3 nitrogen and oxygen atoms in total. The Morgan fingerprint density at radius 1 is 1.55 bits per heavy atom. The van der Waals surface area contributed by atoms with Gasteiger partial charge >= 0.3 is 0 Å². The van der Waals surface area contributed by atoms with Gasteiger partial charge in [0, 0.05) is 6.20 Å². The normalized spacial score (nSPS) is 20.4. The van der Waals surface area contributed by atoms with Crippen LogP contribution in [0.1, 0.15) is 13.8 Å². The molecule has 0 fully saturated rings. The van der Waals surface area contributed by atoms with Crippen molar-refractivity contribution in [3.8, 4) is 0 Å². The maximum Gasteiger partial charge on any atom is 0.0826 e. The van der Waals surface area contributed by atoms with E-state index < -0.39 is 0 Å². The molecule has 1 aliphatic rings. The molecule has 1 rings (SSSR count). The van der Waals surface area contributed by atoms with Crippen molar-refractivity contribution in [2.24, 2.45) is 5.11 Å². The molecule has 0 saturated carbocycles. The topological polar surface area (TPSA) is 48.2 Å². The first-order valence-corrected chi connectivity index (χ1v) is 3.44. The molecule has 0 aromatic carbocycles. The van der Waals surface area contributed by atoms with Crippen LogP contribution in [0.25, 0.3) is 0 Å². The van der Waals surface area contributed by atoms with Crippen LogP contribution in [0.5, 0.6) is 0 Å². The number of dihydropyridines is 1. The van der Waals surface area contributed by atoms with Crippen molar-refractivity contribution in [2.45, 2.75) is 13.8 Å². The third-order valence-electron chi connectivity index (χ3n) is 1.53. The summed E-state index contributed by atoms with van der Waals surface area (Å²) < 4.78 is 0. The van der Waals surface area contributed by atoms with E-state index in [2.05, 4.69) is 10.4 Å². The molecular weight excluding hydrogens is 138 g/mol. The molecule has 2 N–H and O–H groups in total. The van der Waals surface area contributed by atoms with Gasteiger partial charge in [0.15, 0.2) is 0 Å². The lowest BCUT2D eigenvalue weighted by molar-refractivity contribution is 0.966. The van der Waals surface area contributed by atoms with Crippen LogP contribution in [-0.2, 0) is 0 Å². The summed E-state index contributed by atoms with van der Waals surface area (Å²) in [6.07, 6.45) is 5.80. The summed E-state index contributed by atoms with van der Waals surface area (Å²) in [7, 11) is 0. The molecule has 0 atom stereocenters. The van der Waals surface area contributed by atoms with Crippen LogP contribution >= 0.6 is 0 Å². The number of nitrogens with zero attached hydrogens (tertiary/aromatic N) is 1. The van der Waals surface area contributed by atoms with Crippen molar-refractivity contribution >= 4 is 0 Å². The molecule has 0 aromatic heterocycles. The van der Waals surface area contributed by atoms with Crippen LogP contribution in [0.4, 0.5) is 0 Å². The van der Waals surface area contributed by atoms with Gasteiger partial charge in [0.05, 0.1) is 11.4 Å². The van der Waals surface area contributed by atoms with Crippen molar-refractivity contribution in [2.75, 3.05) is 0 Å². The minimum Gasteiger partial charge on any atom is -0.360 e. The van der Waals surface area contributed by atoms with Crippen molar-refractivity contribution in [1.82, 2.24) is 5.32 Å². The number of hydrogen-bond acceptors (Lipinski definition) is 3. The van der Waals surface area contributed by atoms with Gasteiger partial charge in [0.25, 0.3) is 0 Å². The highest BCUT2D eigenvalue weighted by Crippen LogP contribution is 2.09. The van der Waals surface area contributed by atoms with Gasteiger partial charge < -0.3 is 5.32 Å². The van der Waals surface area contributed by atoms with Crippen LogP contribution in [0.3, 0.4) is 0 Å². The van der Waals surface area contributed by atoms with Crippen LogP contribution in [0, 0.1) is 5.53 Å². The minimum absolute atomic E-state index is 0.699. The molecule has 58 valence electrons. The molecule has 11 heavy (non-hydrogen) atoms. The van der Waals surface area contributed by atoms with E-state index in [1.807, 2.05) is 25.3 Å². The third kappa shape index (κ3) is 1.77. The molecule has 0 spiro atoms. The predicted molar refractivity (Wildman–Crippen MR) is 43.9 cm³/mol. The zero-order valence-electron chi connectivity index (χ0n) is 6.68. The SMILES string of the molecule is CC1=CN/C(=C(/C)N=N)C=C1. The second-order valence-corrected chi connectivity index (χ2v) is 2.48. The molecule has 3 heteroatoms. The van der Waals surface area contributed by atoms with E-state index in [0.717, 1.165) is 5.70 Å². The van der Waals surface area contributed by atoms with E-state index in [4.69, 9.17) is 5.53 Å². The van der Waals surface area contributed by atoms with Gasteiger partial charge in [-0.15, -0.1) is 0 Å². The van der Waals surface area contributed by atoms with Gasteiger partial charge in [-0.2, -0.15) is 5.11 Å². The smallest absolute Gasteiger partial charge is 0.0826 e. The van der Waals surface area contributed by atoms with Gasteiger partial charge in [0.2, 0.25) is 0 Å². The molecule has 0 unspecified atom stereocenters. The zero-order chi connectivity index (χ0) is 8.27. The van der Waals surface area contributed by atoms with Crippen LogP contribution < -0.4 is 5.32 Å². The summed E-state index contributed by atoms with van der Waals surface area (Å²) in [6, 6.07) is 0. The van der Waals surface area contributed by atoms with Crippen molar-refractivity contribution in [1.29, 1.82) is 5.53 Å². The lowest BCUT2D eigenvalue weighted by Crippen LogP contribution is -2.08. The molecule has 0 bridgehead atoms. The fourth-order valence-electron chi connectivity index (χ4n) is 0.788. The first kappa shape index (κ1) is 7.72. The monoisotopic (exact) mass is 149 g/mol. The molecule has 1 heterocycles. The van der Waals surface area contributed by atoms with Crippen molar-refractivity contribution in [3.63, 3.8) is 0 Å². The predicted octanol–water partition coefficient (Wildman–Crippen LogP) is 2.31. The molecule has 0 amide bonds. The fourth-order valence-corrected chi connectivity index (χ4v) is 0.788. The number of rotatable bonds is 1. The quantitative estimate of drug-likeness (QED) is 0.552. The van der Waals surface area contributed by atoms with E-state index in [-0.39, 0.29) is 0 Å². The molecule has 1 aliphatic heterocycles. The molecule has 0 radical (unpaired) electrons.